The zero-order valence-corrected chi connectivity index (χ0v) is 29.1. The van der Waals surface area contributed by atoms with Crippen molar-refractivity contribution in [3.8, 4) is 11.6 Å². The van der Waals surface area contributed by atoms with E-state index in [-0.39, 0.29) is 63.8 Å². The molecule has 1 fully saturated rings. The first kappa shape index (κ1) is 37.4. The van der Waals surface area contributed by atoms with E-state index in [1.807, 2.05) is 36.4 Å². The van der Waals surface area contributed by atoms with Crippen molar-refractivity contribution < 1.29 is 42.9 Å². The molecule has 2 aromatic carbocycles. The van der Waals surface area contributed by atoms with E-state index >= 15 is 0 Å². The number of para-hydroxylation sites is 1. The van der Waals surface area contributed by atoms with Gasteiger partial charge in [-0.2, -0.15) is 5.10 Å². The molecular weight excluding hydrogens is 646 g/mol. The Bertz CT molecular complexity index is 1610. The van der Waals surface area contributed by atoms with Crippen LogP contribution in [-0.2, 0) is 35.2 Å². The molecule has 268 valence electrons. The highest BCUT2D eigenvalue weighted by Gasteiger charge is 2.32. The predicted octanol–water partition coefficient (Wildman–Crippen LogP) is 3.90. The van der Waals surface area contributed by atoms with Crippen LogP contribution in [0.4, 0.5) is 4.79 Å². The molecule has 3 aromatic rings. The van der Waals surface area contributed by atoms with Crippen molar-refractivity contribution in [1.82, 2.24) is 24.9 Å². The monoisotopic (exact) mass is 691 g/mol. The van der Waals surface area contributed by atoms with Crippen LogP contribution in [0, 0.1) is 0 Å². The van der Waals surface area contributed by atoms with Gasteiger partial charge in [0.05, 0.1) is 12.3 Å². The van der Waals surface area contributed by atoms with Gasteiger partial charge in [0.15, 0.2) is 11.8 Å². The lowest BCUT2D eigenvalue weighted by atomic mass is 10.1. The van der Waals surface area contributed by atoms with Crippen LogP contribution in [0.3, 0.4) is 0 Å². The number of nitrogens with one attached hydrogen (secondary N) is 1. The second-order valence-corrected chi connectivity index (χ2v) is 12.6. The van der Waals surface area contributed by atoms with Gasteiger partial charge < -0.3 is 34.1 Å². The molecule has 2 heterocycles. The van der Waals surface area contributed by atoms with Crippen LogP contribution in [0.2, 0.25) is 0 Å². The summed E-state index contributed by atoms with van der Waals surface area (Å²) in [6.07, 6.45) is -1.68. The van der Waals surface area contributed by atoms with Gasteiger partial charge in [-0.1, -0.05) is 48.5 Å². The highest BCUT2D eigenvalue weighted by Crippen LogP contribution is 2.22. The summed E-state index contributed by atoms with van der Waals surface area (Å²) >= 11 is 0. The van der Waals surface area contributed by atoms with Crippen LogP contribution in [0.25, 0.3) is 5.69 Å². The Balaban J connectivity index is 1.51. The first-order valence-electron chi connectivity index (χ1n) is 16.6. The highest BCUT2D eigenvalue weighted by atomic mass is 16.6. The van der Waals surface area contributed by atoms with Gasteiger partial charge in [-0.25, -0.2) is 14.3 Å². The normalized spacial score (nSPS) is 14.3. The van der Waals surface area contributed by atoms with E-state index < -0.39 is 47.6 Å². The van der Waals surface area contributed by atoms with E-state index in [0.29, 0.717) is 5.69 Å². The minimum absolute atomic E-state index is 0.0371. The van der Waals surface area contributed by atoms with Crippen molar-refractivity contribution in [2.75, 3.05) is 32.8 Å². The van der Waals surface area contributed by atoms with Crippen LogP contribution in [-0.4, -0.2) is 100.0 Å². The van der Waals surface area contributed by atoms with Gasteiger partial charge in [0.25, 0.3) is 5.91 Å². The Hall–Kier alpha value is -5.40. The lowest BCUT2D eigenvalue weighted by Gasteiger charge is -2.36. The molecule has 0 aliphatic carbocycles. The highest BCUT2D eigenvalue weighted by molar-refractivity contribution is 5.96. The third-order valence-electron chi connectivity index (χ3n) is 7.54. The van der Waals surface area contributed by atoms with Gasteiger partial charge in [0.1, 0.15) is 18.2 Å². The van der Waals surface area contributed by atoms with Gasteiger partial charge in [0, 0.05) is 38.7 Å². The molecule has 0 spiro atoms. The number of benzene rings is 2. The molecule has 4 rings (SSSR count). The lowest BCUT2D eigenvalue weighted by Crippen LogP contribution is -2.56. The molecule has 1 aliphatic heterocycles. The van der Waals surface area contributed by atoms with Gasteiger partial charge in [-0.05, 0) is 58.7 Å². The molecule has 14 nitrogen and oxygen atoms in total. The standard InChI is InChI=1S/C36H45N5O9/c1-6-47-35(46)40-21-19-39(20-22-40)33(44)28(17-18-31(42)50-36(3,4)5)37-32(43)29-23-30(41(38-29)27-15-11-8-12-16-27)49-25(2)34(45)48-24-26-13-9-7-10-14-26/h7-16,23,25,28H,6,17-22,24H2,1-5H3,(H,37,43)/t25-,28-/m0/s1. The number of nitrogens with zero attached hydrogens (tertiary/aromatic N) is 4. The Labute approximate surface area is 291 Å². The summed E-state index contributed by atoms with van der Waals surface area (Å²) in [6.45, 7) is 9.72. The number of esters is 2. The van der Waals surface area contributed by atoms with Gasteiger partial charge in [0.2, 0.25) is 11.8 Å². The smallest absolute Gasteiger partial charge is 0.409 e. The average Bonchev–Trinajstić information content (AvgIpc) is 3.52. The molecule has 1 saturated heterocycles. The number of carbonyl (C=O) groups excluding carboxylic acids is 5. The summed E-state index contributed by atoms with van der Waals surface area (Å²) in [6, 6.07) is 18.4. The Morgan fingerprint density at radius 3 is 2.12 bits per heavy atom. The Kier molecular flexibility index (Phi) is 13.0. The molecule has 2 atom stereocenters. The minimum Gasteiger partial charge on any atom is -0.463 e. The average molecular weight is 692 g/mol. The molecule has 0 bridgehead atoms. The quantitative estimate of drug-likeness (QED) is 0.206. The van der Waals surface area contributed by atoms with Crippen molar-refractivity contribution in [1.29, 1.82) is 0 Å². The van der Waals surface area contributed by atoms with Gasteiger partial charge in [-0.3, -0.25) is 14.4 Å². The first-order valence-corrected chi connectivity index (χ1v) is 16.6. The summed E-state index contributed by atoms with van der Waals surface area (Å²) in [4.78, 5) is 68.1. The largest absolute Gasteiger partial charge is 0.463 e. The van der Waals surface area contributed by atoms with E-state index in [9.17, 15) is 24.0 Å². The third kappa shape index (κ3) is 10.8. The zero-order valence-electron chi connectivity index (χ0n) is 29.1. The van der Waals surface area contributed by atoms with E-state index in [4.69, 9.17) is 18.9 Å². The lowest BCUT2D eigenvalue weighted by molar-refractivity contribution is -0.155. The predicted molar refractivity (Wildman–Crippen MR) is 181 cm³/mol. The number of rotatable bonds is 13. The second kappa shape index (κ2) is 17.3. The Morgan fingerprint density at radius 1 is 0.880 bits per heavy atom. The number of piperazine rings is 1. The molecule has 1 aliphatic rings. The fraction of sp³-hybridized carbons (Fsp3) is 0.444. The summed E-state index contributed by atoms with van der Waals surface area (Å²) < 4.78 is 23.3. The van der Waals surface area contributed by atoms with E-state index in [1.165, 1.54) is 27.5 Å². The van der Waals surface area contributed by atoms with Crippen LogP contribution >= 0.6 is 0 Å². The number of aromatic nitrogens is 2. The van der Waals surface area contributed by atoms with Crippen molar-refractivity contribution in [3.63, 3.8) is 0 Å². The number of carbonyl (C=O) groups is 5. The fourth-order valence-corrected chi connectivity index (χ4v) is 5.08. The molecule has 3 amide bonds. The molecule has 14 heteroatoms. The maximum Gasteiger partial charge on any atom is 0.409 e. The molecule has 0 saturated carbocycles. The van der Waals surface area contributed by atoms with Crippen LogP contribution in [0.15, 0.2) is 66.7 Å². The summed E-state index contributed by atoms with van der Waals surface area (Å²) in [5.74, 6) is -2.15. The van der Waals surface area contributed by atoms with E-state index in [2.05, 4.69) is 10.4 Å². The number of hydrogen-bond acceptors (Lipinski definition) is 10. The third-order valence-corrected chi connectivity index (χ3v) is 7.54. The molecule has 50 heavy (non-hydrogen) atoms. The maximum absolute atomic E-state index is 13.8. The number of amides is 3. The van der Waals surface area contributed by atoms with Gasteiger partial charge in [-0.15, -0.1) is 0 Å². The van der Waals surface area contributed by atoms with E-state index in [1.54, 1.807) is 52.0 Å². The summed E-state index contributed by atoms with van der Waals surface area (Å²) in [5.41, 5.74) is 0.562. The number of ether oxygens (including phenoxy) is 4. The molecule has 1 aromatic heterocycles. The van der Waals surface area contributed by atoms with Crippen LogP contribution in [0.5, 0.6) is 5.88 Å². The molecular formula is C36H45N5O9. The number of hydrogen-bond donors (Lipinski definition) is 1. The molecule has 0 radical (unpaired) electrons. The van der Waals surface area contributed by atoms with Crippen LogP contribution in [0.1, 0.15) is 63.5 Å². The second-order valence-electron chi connectivity index (χ2n) is 12.6. The topological polar surface area (TPSA) is 159 Å². The van der Waals surface area contributed by atoms with Crippen molar-refractivity contribution in [3.05, 3.63) is 78.0 Å². The van der Waals surface area contributed by atoms with Crippen molar-refractivity contribution in [2.24, 2.45) is 0 Å². The summed E-state index contributed by atoms with van der Waals surface area (Å²) in [7, 11) is 0. The van der Waals surface area contributed by atoms with Crippen LogP contribution < -0.4 is 10.1 Å². The maximum atomic E-state index is 13.8. The van der Waals surface area contributed by atoms with E-state index in [0.717, 1.165) is 5.56 Å². The minimum atomic E-state index is -1.11. The first-order chi connectivity index (χ1) is 23.8. The molecule has 1 N–H and O–H groups in total. The van der Waals surface area contributed by atoms with Gasteiger partial charge >= 0.3 is 18.0 Å². The van der Waals surface area contributed by atoms with Crippen molar-refractivity contribution in [2.45, 2.75) is 71.8 Å². The summed E-state index contributed by atoms with van der Waals surface area (Å²) in [5, 5.41) is 7.20. The SMILES string of the molecule is CCOC(=O)N1CCN(C(=O)[C@H](CCC(=O)OC(C)(C)C)NC(=O)c2cc(O[C@@H](C)C(=O)OCc3ccccc3)n(-c3ccccc3)n2)CC1. The van der Waals surface area contributed by atoms with Crippen molar-refractivity contribution >= 4 is 29.8 Å². The zero-order chi connectivity index (χ0) is 36.3. The Morgan fingerprint density at radius 2 is 1.50 bits per heavy atom. The fourth-order valence-electron chi connectivity index (χ4n) is 5.08. The molecule has 0 unspecified atom stereocenters.